The fraction of sp³-hybridized carbons (Fsp3) is 0.200. The maximum atomic E-state index is 12.1. The van der Waals surface area contributed by atoms with Gasteiger partial charge in [-0.05, 0) is 31.2 Å². The zero-order valence-corrected chi connectivity index (χ0v) is 16.3. The number of benzene rings is 2. The molecule has 29 heavy (non-hydrogen) atoms. The van der Waals surface area contributed by atoms with Crippen LogP contribution in [-0.2, 0) is 4.74 Å². The van der Waals surface area contributed by atoms with Crippen molar-refractivity contribution < 1.29 is 19.0 Å². The Balaban J connectivity index is 1.80. The van der Waals surface area contributed by atoms with E-state index < -0.39 is 5.97 Å². The van der Waals surface area contributed by atoms with E-state index in [1.165, 1.54) is 6.20 Å². The van der Waals surface area contributed by atoms with Gasteiger partial charge in [-0.25, -0.2) is 4.79 Å². The zero-order valence-electron chi connectivity index (χ0n) is 16.3. The van der Waals surface area contributed by atoms with Gasteiger partial charge in [-0.15, -0.1) is 5.10 Å². The summed E-state index contributed by atoms with van der Waals surface area (Å²) in [6.45, 7) is 2.05. The number of carbonyl (C=O) groups excluding carboxylic acids is 1. The molecule has 0 radical (unpaired) electrons. The Morgan fingerprint density at radius 3 is 2.59 bits per heavy atom. The number of esters is 1. The molecule has 0 saturated heterocycles. The molecule has 3 rings (SSSR count). The van der Waals surface area contributed by atoms with E-state index in [-0.39, 0.29) is 5.95 Å². The fourth-order valence-electron chi connectivity index (χ4n) is 2.58. The van der Waals surface area contributed by atoms with Crippen LogP contribution in [0.25, 0.3) is 0 Å². The van der Waals surface area contributed by atoms with Gasteiger partial charge in [0.1, 0.15) is 0 Å². The first-order valence-electron chi connectivity index (χ1n) is 8.86. The van der Waals surface area contributed by atoms with Crippen LogP contribution >= 0.6 is 0 Å². The van der Waals surface area contributed by atoms with Crippen LogP contribution in [-0.4, -0.2) is 42.0 Å². The number of hydrogen-bond donors (Lipinski definition) is 2. The SMILES string of the molecule is CCOC(=O)c1ccccc1Nc1cnnc(Nc2ccc(OC)c(OC)c2)n1. The third-order valence-electron chi connectivity index (χ3n) is 3.88. The van der Waals surface area contributed by atoms with Crippen molar-refractivity contribution >= 4 is 29.1 Å². The smallest absolute Gasteiger partial charge is 0.340 e. The van der Waals surface area contributed by atoms with Crippen molar-refractivity contribution in [3.63, 3.8) is 0 Å². The lowest BCUT2D eigenvalue weighted by Gasteiger charge is -2.12. The number of carbonyl (C=O) groups is 1. The van der Waals surface area contributed by atoms with Crippen molar-refractivity contribution in [2.45, 2.75) is 6.92 Å². The van der Waals surface area contributed by atoms with Crippen LogP contribution in [0.1, 0.15) is 17.3 Å². The first kappa shape index (κ1) is 19.9. The van der Waals surface area contributed by atoms with E-state index in [0.717, 1.165) is 0 Å². The Morgan fingerprint density at radius 2 is 1.83 bits per heavy atom. The molecule has 9 heteroatoms. The Kier molecular flexibility index (Phi) is 6.41. The predicted molar refractivity (Wildman–Crippen MR) is 108 cm³/mol. The number of aromatic nitrogens is 3. The number of para-hydroxylation sites is 1. The van der Waals surface area contributed by atoms with Gasteiger partial charge >= 0.3 is 5.97 Å². The number of ether oxygens (including phenoxy) is 3. The Hall–Kier alpha value is -3.88. The van der Waals surface area contributed by atoms with E-state index in [4.69, 9.17) is 14.2 Å². The second-order valence-electron chi connectivity index (χ2n) is 5.75. The van der Waals surface area contributed by atoms with Gasteiger partial charge in [0.25, 0.3) is 0 Å². The highest BCUT2D eigenvalue weighted by Crippen LogP contribution is 2.30. The largest absolute Gasteiger partial charge is 0.493 e. The average molecular weight is 395 g/mol. The number of nitrogens with one attached hydrogen (secondary N) is 2. The van der Waals surface area contributed by atoms with Crippen LogP contribution in [0.15, 0.2) is 48.7 Å². The predicted octanol–water partition coefficient (Wildman–Crippen LogP) is 3.55. The van der Waals surface area contributed by atoms with E-state index >= 15 is 0 Å². The molecule has 0 amide bonds. The summed E-state index contributed by atoms with van der Waals surface area (Å²) in [6, 6.07) is 12.3. The molecule has 0 unspecified atom stereocenters. The van der Waals surface area contributed by atoms with Crippen LogP contribution in [0.3, 0.4) is 0 Å². The monoisotopic (exact) mass is 395 g/mol. The highest BCUT2D eigenvalue weighted by Gasteiger charge is 2.13. The summed E-state index contributed by atoms with van der Waals surface area (Å²) < 4.78 is 15.6. The van der Waals surface area contributed by atoms with Gasteiger partial charge in [0.2, 0.25) is 5.95 Å². The fourth-order valence-corrected chi connectivity index (χ4v) is 2.58. The van der Waals surface area contributed by atoms with Crippen LogP contribution in [0.5, 0.6) is 11.5 Å². The van der Waals surface area contributed by atoms with E-state index in [2.05, 4.69) is 25.8 Å². The Bertz CT molecular complexity index is 996. The van der Waals surface area contributed by atoms with Gasteiger partial charge in [-0.3, -0.25) is 0 Å². The average Bonchev–Trinajstić information content (AvgIpc) is 2.74. The van der Waals surface area contributed by atoms with E-state index in [0.29, 0.717) is 40.9 Å². The summed E-state index contributed by atoms with van der Waals surface area (Å²) in [5.41, 5.74) is 1.67. The second-order valence-corrected chi connectivity index (χ2v) is 5.75. The summed E-state index contributed by atoms with van der Waals surface area (Å²) in [5, 5.41) is 14.1. The maximum absolute atomic E-state index is 12.1. The van der Waals surface area contributed by atoms with Crippen LogP contribution in [0.4, 0.5) is 23.1 Å². The lowest BCUT2D eigenvalue weighted by atomic mass is 10.2. The van der Waals surface area contributed by atoms with Crippen molar-refractivity contribution in [2.75, 3.05) is 31.5 Å². The van der Waals surface area contributed by atoms with Crippen molar-refractivity contribution in [1.29, 1.82) is 0 Å². The summed E-state index contributed by atoms with van der Waals surface area (Å²) in [4.78, 5) is 16.5. The molecule has 9 nitrogen and oxygen atoms in total. The number of methoxy groups -OCH3 is 2. The lowest BCUT2D eigenvalue weighted by Crippen LogP contribution is -2.09. The van der Waals surface area contributed by atoms with Gasteiger partial charge in [0, 0.05) is 11.8 Å². The molecule has 2 N–H and O–H groups in total. The van der Waals surface area contributed by atoms with Crippen molar-refractivity contribution in [3.05, 3.63) is 54.2 Å². The van der Waals surface area contributed by atoms with Crippen molar-refractivity contribution in [2.24, 2.45) is 0 Å². The molecule has 150 valence electrons. The molecule has 1 aromatic heterocycles. The zero-order chi connectivity index (χ0) is 20.6. The molecule has 2 aromatic carbocycles. The van der Waals surface area contributed by atoms with Crippen LogP contribution in [0, 0.1) is 0 Å². The van der Waals surface area contributed by atoms with E-state index in [1.807, 2.05) is 6.07 Å². The minimum Gasteiger partial charge on any atom is -0.493 e. The highest BCUT2D eigenvalue weighted by atomic mass is 16.5. The minimum atomic E-state index is -0.415. The summed E-state index contributed by atoms with van der Waals surface area (Å²) in [7, 11) is 3.13. The summed E-state index contributed by atoms with van der Waals surface area (Å²) in [5.74, 6) is 1.46. The molecule has 0 atom stereocenters. The topological polar surface area (TPSA) is 107 Å². The third-order valence-corrected chi connectivity index (χ3v) is 3.88. The van der Waals surface area contributed by atoms with Gasteiger partial charge in [0.15, 0.2) is 17.3 Å². The molecule has 0 aliphatic carbocycles. The molecule has 0 aliphatic rings. The molecule has 0 fully saturated rings. The van der Waals surface area contributed by atoms with E-state index in [1.54, 1.807) is 57.5 Å². The highest BCUT2D eigenvalue weighted by molar-refractivity contribution is 5.96. The van der Waals surface area contributed by atoms with Crippen LogP contribution < -0.4 is 20.1 Å². The first-order chi connectivity index (χ1) is 14.1. The molecule has 0 aliphatic heterocycles. The van der Waals surface area contributed by atoms with Crippen LogP contribution in [0.2, 0.25) is 0 Å². The molecular formula is C20H21N5O4. The van der Waals surface area contributed by atoms with Crippen molar-refractivity contribution in [3.8, 4) is 11.5 Å². The van der Waals surface area contributed by atoms with Gasteiger partial charge in [-0.1, -0.05) is 12.1 Å². The molecule has 0 saturated carbocycles. The summed E-state index contributed by atoms with van der Waals surface area (Å²) in [6.07, 6.45) is 1.46. The molecule has 0 bridgehead atoms. The standard InChI is InChI=1S/C20H21N5O4/c1-4-29-19(26)14-7-5-6-8-15(14)23-18-12-21-25-20(24-18)22-13-9-10-16(27-2)17(11-13)28-3/h5-12H,4H2,1-3H3,(H2,22,23,24,25). The number of hydrogen-bond acceptors (Lipinski definition) is 9. The number of anilines is 4. The normalized spacial score (nSPS) is 10.2. The van der Waals surface area contributed by atoms with Gasteiger partial charge in [0.05, 0.1) is 38.3 Å². The first-order valence-corrected chi connectivity index (χ1v) is 8.86. The molecule has 0 spiro atoms. The third kappa shape index (κ3) is 4.89. The van der Waals surface area contributed by atoms with Gasteiger partial charge in [-0.2, -0.15) is 10.1 Å². The quantitative estimate of drug-likeness (QED) is 0.554. The summed E-state index contributed by atoms with van der Waals surface area (Å²) >= 11 is 0. The molecule has 1 heterocycles. The molecule has 3 aromatic rings. The maximum Gasteiger partial charge on any atom is 0.340 e. The minimum absolute atomic E-state index is 0.274. The number of rotatable bonds is 8. The van der Waals surface area contributed by atoms with Crippen molar-refractivity contribution in [1.82, 2.24) is 15.2 Å². The van der Waals surface area contributed by atoms with Gasteiger partial charge < -0.3 is 24.8 Å². The Morgan fingerprint density at radius 1 is 1.03 bits per heavy atom. The lowest BCUT2D eigenvalue weighted by molar-refractivity contribution is 0.0527. The number of nitrogens with zero attached hydrogens (tertiary/aromatic N) is 3. The Labute approximate surface area is 168 Å². The second kappa shape index (κ2) is 9.36. The molecular weight excluding hydrogens is 374 g/mol. The van der Waals surface area contributed by atoms with E-state index in [9.17, 15) is 4.79 Å².